The zero-order chi connectivity index (χ0) is 28.6. The fourth-order valence-electron chi connectivity index (χ4n) is 5.18. The van der Waals surface area contributed by atoms with Crippen LogP contribution in [-0.4, -0.2) is 73.1 Å². The molecular formula is C29H33F2N7O2. The number of anilines is 3. The van der Waals surface area contributed by atoms with Crippen LogP contribution in [0, 0.1) is 18.6 Å². The summed E-state index contributed by atoms with van der Waals surface area (Å²) in [6, 6.07) is 8.54. The minimum Gasteiger partial charge on any atom is -0.494 e. The molecule has 3 N–H and O–H groups in total. The van der Waals surface area contributed by atoms with Gasteiger partial charge in [0, 0.05) is 67.5 Å². The number of likely N-dealkylation sites (N-methyl/N-ethyl adjacent to an activating group) is 1. The number of hydrogen-bond donors (Lipinski definition) is 3. The number of halogens is 2. The molecule has 210 valence electrons. The predicted octanol–water partition coefficient (Wildman–Crippen LogP) is 4.56. The third kappa shape index (κ3) is 5.04. The molecule has 1 amide bonds. The molecule has 1 aliphatic rings. The minimum atomic E-state index is -0.758. The van der Waals surface area contributed by atoms with Crippen molar-refractivity contribution in [1.82, 2.24) is 25.2 Å². The molecule has 1 unspecified atom stereocenters. The first-order valence-corrected chi connectivity index (χ1v) is 13.1. The average Bonchev–Trinajstić information content (AvgIpc) is 3.37. The Hall–Kier alpha value is -4.25. The highest BCUT2D eigenvalue weighted by Gasteiger charge is 2.27. The molecule has 0 radical (unpaired) electrons. The molecule has 1 aliphatic heterocycles. The third-order valence-electron chi connectivity index (χ3n) is 7.48. The van der Waals surface area contributed by atoms with E-state index in [2.05, 4.69) is 42.4 Å². The second kappa shape index (κ2) is 11.1. The maximum Gasteiger partial charge on any atom is 0.256 e. The lowest BCUT2D eigenvalue weighted by Crippen LogP contribution is -2.44. The summed E-state index contributed by atoms with van der Waals surface area (Å²) >= 11 is 0. The van der Waals surface area contributed by atoms with E-state index in [1.165, 1.54) is 13.4 Å². The zero-order valence-electron chi connectivity index (χ0n) is 23.2. The number of carbonyl (C=O) groups is 1. The number of benzene rings is 2. The van der Waals surface area contributed by atoms with Crippen LogP contribution in [0.5, 0.6) is 5.75 Å². The monoisotopic (exact) mass is 549 g/mol. The number of aromatic amines is 1. The molecule has 0 spiro atoms. The van der Waals surface area contributed by atoms with Crippen LogP contribution in [0.15, 0.2) is 36.7 Å². The molecule has 9 nitrogen and oxygen atoms in total. The van der Waals surface area contributed by atoms with Crippen LogP contribution < -0.4 is 20.3 Å². The topological polar surface area (TPSA) is 98.4 Å². The van der Waals surface area contributed by atoms with Gasteiger partial charge in [-0.2, -0.15) is 0 Å². The van der Waals surface area contributed by atoms with E-state index in [9.17, 15) is 9.18 Å². The lowest BCUT2D eigenvalue weighted by molar-refractivity contribution is 0.0962. The van der Waals surface area contributed by atoms with Gasteiger partial charge in [-0.25, -0.2) is 18.7 Å². The number of amides is 1. The molecule has 2 aromatic heterocycles. The second-order valence-electron chi connectivity index (χ2n) is 10.1. The van der Waals surface area contributed by atoms with Crippen molar-refractivity contribution < 1.29 is 18.3 Å². The highest BCUT2D eigenvalue weighted by atomic mass is 19.1. The molecule has 11 heteroatoms. The van der Waals surface area contributed by atoms with Crippen LogP contribution in [-0.2, 0) is 0 Å². The van der Waals surface area contributed by atoms with Crippen molar-refractivity contribution >= 4 is 34.0 Å². The molecule has 40 heavy (non-hydrogen) atoms. The number of hydrogen-bond acceptors (Lipinski definition) is 7. The van der Waals surface area contributed by atoms with E-state index in [4.69, 9.17) is 4.74 Å². The van der Waals surface area contributed by atoms with E-state index < -0.39 is 23.5 Å². The smallest absolute Gasteiger partial charge is 0.256 e. The summed E-state index contributed by atoms with van der Waals surface area (Å²) in [4.78, 5) is 29.3. The molecule has 1 atom stereocenters. The van der Waals surface area contributed by atoms with Crippen LogP contribution in [0.4, 0.5) is 26.0 Å². The first-order chi connectivity index (χ1) is 19.2. The standard InChI is InChI=1S/C29H33F2N7O2/c1-16-12-20-25(31)19(14-21(30)27(20)35-16)17(2)26-24(29(39)32-3)28(34-15-33-26)36-22-7-6-18(13-23(22)40-5)38-10-8-37(4)9-11-38/h6-7,12-15,17,35H,8-11H2,1-5H3,(H,32,39)(H,33,34,36). The Morgan fingerprint density at radius 1 is 1.12 bits per heavy atom. The average molecular weight is 550 g/mol. The molecular weight excluding hydrogens is 516 g/mol. The maximum atomic E-state index is 15.6. The molecule has 1 saturated heterocycles. The Morgan fingerprint density at radius 2 is 1.88 bits per heavy atom. The maximum absolute atomic E-state index is 15.6. The molecule has 2 aromatic carbocycles. The number of methoxy groups -OCH3 is 1. The van der Waals surface area contributed by atoms with Crippen LogP contribution in [0.25, 0.3) is 10.9 Å². The lowest BCUT2D eigenvalue weighted by atomic mass is 9.92. The van der Waals surface area contributed by atoms with Gasteiger partial charge in [-0.05, 0) is 38.2 Å². The first kappa shape index (κ1) is 27.3. The van der Waals surface area contributed by atoms with Crippen molar-refractivity contribution in [3.05, 3.63) is 70.8 Å². The lowest BCUT2D eigenvalue weighted by Gasteiger charge is -2.34. The molecule has 1 fully saturated rings. The summed E-state index contributed by atoms with van der Waals surface area (Å²) in [6.45, 7) is 7.19. The first-order valence-electron chi connectivity index (χ1n) is 13.1. The number of nitrogens with one attached hydrogen (secondary N) is 3. The number of piperazine rings is 1. The van der Waals surface area contributed by atoms with Gasteiger partial charge < -0.3 is 30.2 Å². The van der Waals surface area contributed by atoms with E-state index in [1.807, 2.05) is 18.2 Å². The number of H-pyrrole nitrogens is 1. The highest BCUT2D eigenvalue weighted by Crippen LogP contribution is 2.37. The van der Waals surface area contributed by atoms with Crippen molar-refractivity contribution in [1.29, 1.82) is 0 Å². The van der Waals surface area contributed by atoms with Crippen molar-refractivity contribution in [2.45, 2.75) is 19.8 Å². The summed E-state index contributed by atoms with van der Waals surface area (Å²) in [5.74, 6) is -1.56. The van der Waals surface area contributed by atoms with Crippen LogP contribution >= 0.6 is 0 Å². The number of rotatable bonds is 7. The van der Waals surface area contributed by atoms with Gasteiger partial charge in [-0.15, -0.1) is 0 Å². The number of aryl methyl sites for hydroxylation is 1. The normalized spacial score (nSPS) is 14.8. The number of fused-ring (bicyclic) bond motifs is 1. The van der Waals surface area contributed by atoms with E-state index in [1.54, 1.807) is 27.0 Å². The Kier molecular flexibility index (Phi) is 7.57. The quantitative estimate of drug-likeness (QED) is 0.311. The van der Waals surface area contributed by atoms with Crippen molar-refractivity contribution in [3.8, 4) is 5.75 Å². The molecule has 0 aliphatic carbocycles. The highest BCUT2D eigenvalue weighted by molar-refractivity contribution is 6.00. The van der Waals surface area contributed by atoms with E-state index >= 15 is 4.39 Å². The van der Waals surface area contributed by atoms with E-state index in [0.29, 0.717) is 17.1 Å². The Balaban J connectivity index is 1.53. The third-order valence-corrected chi connectivity index (χ3v) is 7.48. The fraction of sp³-hybridized carbons (Fsp3) is 0.345. The number of nitrogens with zero attached hydrogens (tertiary/aromatic N) is 4. The minimum absolute atomic E-state index is 0.0907. The Bertz CT molecular complexity index is 1560. The summed E-state index contributed by atoms with van der Waals surface area (Å²) in [7, 11) is 5.18. The summed E-state index contributed by atoms with van der Waals surface area (Å²) in [5.41, 5.74) is 2.87. The molecule has 0 saturated carbocycles. The van der Waals surface area contributed by atoms with Gasteiger partial charge in [0.25, 0.3) is 5.91 Å². The van der Waals surface area contributed by atoms with Gasteiger partial charge >= 0.3 is 0 Å². The van der Waals surface area contributed by atoms with Gasteiger partial charge in [0.1, 0.15) is 35.1 Å². The zero-order valence-corrected chi connectivity index (χ0v) is 23.2. The van der Waals surface area contributed by atoms with Crippen molar-refractivity contribution in [3.63, 3.8) is 0 Å². The summed E-state index contributed by atoms with van der Waals surface area (Å²) < 4.78 is 36.2. The molecule has 0 bridgehead atoms. The number of ether oxygens (including phenoxy) is 1. The van der Waals surface area contributed by atoms with Crippen LogP contribution in [0.2, 0.25) is 0 Å². The molecule has 4 aromatic rings. The Labute approximate surface area is 231 Å². The second-order valence-corrected chi connectivity index (χ2v) is 10.1. The van der Waals surface area contributed by atoms with Crippen LogP contribution in [0.1, 0.15) is 40.2 Å². The predicted molar refractivity (Wildman–Crippen MR) is 152 cm³/mol. The number of aromatic nitrogens is 3. The van der Waals surface area contributed by atoms with Gasteiger partial charge in [-0.1, -0.05) is 6.92 Å². The SMILES string of the molecule is CNC(=O)c1c(Nc2ccc(N3CCN(C)CC3)cc2OC)ncnc1C(C)c1cc(F)c2[nH]c(C)cc2c1F. The van der Waals surface area contributed by atoms with Crippen molar-refractivity contribution in [2.75, 3.05) is 57.6 Å². The summed E-state index contributed by atoms with van der Waals surface area (Å²) in [5, 5.41) is 5.99. The molecule has 3 heterocycles. The van der Waals surface area contributed by atoms with Gasteiger partial charge in [0.15, 0.2) is 0 Å². The van der Waals surface area contributed by atoms with E-state index in [-0.39, 0.29) is 33.5 Å². The fourth-order valence-corrected chi connectivity index (χ4v) is 5.18. The van der Waals surface area contributed by atoms with Gasteiger partial charge in [0.05, 0.1) is 24.0 Å². The summed E-state index contributed by atoms with van der Waals surface area (Å²) in [6.07, 6.45) is 1.30. The van der Waals surface area contributed by atoms with Gasteiger partial charge in [0.2, 0.25) is 0 Å². The largest absolute Gasteiger partial charge is 0.494 e. The van der Waals surface area contributed by atoms with Crippen LogP contribution in [0.3, 0.4) is 0 Å². The van der Waals surface area contributed by atoms with Crippen molar-refractivity contribution in [2.24, 2.45) is 0 Å². The Morgan fingerprint density at radius 3 is 2.58 bits per heavy atom. The van der Waals surface area contributed by atoms with Gasteiger partial charge in [-0.3, -0.25) is 4.79 Å². The van der Waals surface area contributed by atoms with E-state index in [0.717, 1.165) is 37.9 Å². The number of carbonyl (C=O) groups excluding carboxylic acids is 1. The molecule has 5 rings (SSSR count).